The van der Waals surface area contributed by atoms with Gasteiger partial charge in [-0.3, -0.25) is 0 Å². The summed E-state index contributed by atoms with van der Waals surface area (Å²) in [5.74, 6) is 0. The zero-order valence-electron chi connectivity index (χ0n) is 25.4. The first kappa shape index (κ1) is 27.1. The molecule has 1 aliphatic carbocycles. The molecule has 46 heavy (non-hydrogen) atoms. The number of thioether (sulfide) groups is 1. The minimum atomic E-state index is 0.193. The highest BCUT2D eigenvalue weighted by atomic mass is 32.2. The van der Waals surface area contributed by atoms with Crippen molar-refractivity contribution in [3.05, 3.63) is 167 Å². The zero-order valence-corrected chi connectivity index (χ0v) is 26.2. The molecule has 0 bridgehead atoms. The maximum absolute atomic E-state index is 4.55. The highest BCUT2D eigenvalue weighted by Crippen LogP contribution is 2.47. The lowest BCUT2D eigenvalue weighted by molar-refractivity contribution is 0.656. The second-order valence-electron chi connectivity index (χ2n) is 12.2. The summed E-state index contributed by atoms with van der Waals surface area (Å²) in [6, 6.07) is 42.0. The Morgan fingerprint density at radius 1 is 0.761 bits per heavy atom. The number of hydrogen-bond donors (Lipinski definition) is 1. The first-order valence-electron chi connectivity index (χ1n) is 15.9. The summed E-state index contributed by atoms with van der Waals surface area (Å²) in [7, 11) is 0. The van der Waals surface area contributed by atoms with Gasteiger partial charge in [-0.2, -0.15) is 0 Å². The van der Waals surface area contributed by atoms with E-state index in [-0.39, 0.29) is 6.04 Å². The quantitative estimate of drug-likeness (QED) is 0.212. The number of aromatic nitrogens is 2. The minimum absolute atomic E-state index is 0.193. The van der Waals surface area contributed by atoms with Crippen LogP contribution in [0.5, 0.6) is 0 Å². The van der Waals surface area contributed by atoms with Crippen LogP contribution in [0.1, 0.15) is 23.6 Å². The van der Waals surface area contributed by atoms with Gasteiger partial charge in [0.25, 0.3) is 0 Å². The molecule has 0 radical (unpaired) electrons. The maximum Gasteiger partial charge on any atom is 0.0566 e. The molecule has 5 aromatic carbocycles. The van der Waals surface area contributed by atoms with E-state index in [1.807, 2.05) is 0 Å². The van der Waals surface area contributed by atoms with E-state index in [1.54, 1.807) is 11.8 Å². The molecule has 3 heteroatoms. The van der Waals surface area contributed by atoms with Crippen molar-refractivity contribution in [1.29, 1.82) is 0 Å². The Morgan fingerprint density at radius 3 is 2.30 bits per heavy atom. The van der Waals surface area contributed by atoms with Crippen LogP contribution >= 0.6 is 11.8 Å². The van der Waals surface area contributed by atoms with Crippen molar-refractivity contribution in [1.82, 2.24) is 9.55 Å². The van der Waals surface area contributed by atoms with Gasteiger partial charge in [0.05, 0.1) is 11.6 Å². The smallest absolute Gasteiger partial charge is 0.0566 e. The summed E-state index contributed by atoms with van der Waals surface area (Å²) in [6.07, 6.45) is 13.3. The highest BCUT2D eigenvalue weighted by molar-refractivity contribution is 8.03. The largest absolute Gasteiger partial charge is 0.354 e. The molecule has 2 aromatic heterocycles. The predicted octanol–water partition coefficient (Wildman–Crippen LogP) is 9.95. The van der Waals surface area contributed by atoms with Crippen LogP contribution in [0.15, 0.2) is 150 Å². The van der Waals surface area contributed by atoms with Crippen LogP contribution in [0.3, 0.4) is 0 Å². The second kappa shape index (κ2) is 11.0. The molecule has 2 nitrogen and oxygen atoms in total. The van der Waals surface area contributed by atoms with Crippen molar-refractivity contribution in [2.75, 3.05) is 0 Å². The van der Waals surface area contributed by atoms with Gasteiger partial charge in [-0.1, -0.05) is 140 Å². The molecular weight excluding hydrogens is 577 g/mol. The summed E-state index contributed by atoms with van der Waals surface area (Å²) < 4.78 is 2.59. The molecule has 220 valence electrons. The number of rotatable bonds is 3. The van der Waals surface area contributed by atoms with Crippen LogP contribution in [0.4, 0.5) is 0 Å². The van der Waals surface area contributed by atoms with Crippen LogP contribution in [0.2, 0.25) is 0 Å². The molecule has 3 heterocycles. The number of nitrogens with one attached hydrogen (secondary N) is 1. The molecule has 1 N–H and O–H groups in total. The third-order valence-corrected chi connectivity index (χ3v) is 10.5. The van der Waals surface area contributed by atoms with Crippen molar-refractivity contribution in [3.8, 4) is 11.1 Å². The first-order valence-corrected chi connectivity index (χ1v) is 16.8. The molecule has 1 atom stereocenters. The average molecular weight is 609 g/mol. The van der Waals surface area contributed by atoms with E-state index in [4.69, 9.17) is 0 Å². The molecular formula is C43H32N2S. The van der Waals surface area contributed by atoms with E-state index in [9.17, 15) is 0 Å². The number of para-hydroxylation sites is 2. The third-order valence-electron chi connectivity index (χ3n) is 9.50. The number of H-pyrrole nitrogens is 1. The van der Waals surface area contributed by atoms with Gasteiger partial charge in [0.15, 0.2) is 0 Å². The van der Waals surface area contributed by atoms with Crippen molar-refractivity contribution in [2.24, 2.45) is 0 Å². The third kappa shape index (κ3) is 4.42. The fourth-order valence-electron chi connectivity index (χ4n) is 7.51. The summed E-state index contributed by atoms with van der Waals surface area (Å²) in [4.78, 5) is 5.95. The number of nitrogens with zero attached hydrogens (tertiary/aromatic N) is 1. The lowest BCUT2D eigenvalue weighted by atomic mass is 9.92. The molecule has 1 aliphatic heterocycles. The predicted molar refractivity (Wildman–Crippen MR) is 197 cm³/mol. The summed E-state index contributed by atoms with van der Waals surface area (Å²) in [5, 5.41) is 6.25. The number of benzene rings is 5. The number of hydrogen-bond acceptors (Lipinski definition) is 1. The van der Waals surface area contributed by atoms with Crippen LogP contribution in [-0.2, 0) is 6.42 Å². The van der Waals surface area contributed by atoms with Crippen molar-refractivity contribution in [2.45, 2.75) is 23.8 Å². The number of fused-ring (bicyclic) bond motifs is 7. The second-order valence-corrected chi connectivity index (χ2v) is 13.4. The minimum Gasteiger partial charge on any atom is -0.354 e. The Labute approximate surface area is 272 Å². The Kier molecular flexibility index (Phi) is 6.46. The molecule has 2 aliphatic rings. The number of aromatic amines is 1. The van der Waals surface area contributed by atoms with E-state index in [1.165, 1.54) is 65.1 Å². The van der Waals surface area contributed by atoms with Gasteiger partial charge < -0.3 is 9.55 Å². The summed E-state index contributed by atoms with van der Waals surface area (Å²) >= 11 is 1.79. The van der Waals surface area contributed by atoms with Crippen LogP contribution < -0.4 is 10.6 Å². The molecule has 0 saturated heterocycles. The Hall–Kier alpha value is -5.25. The van der Waals surface area contributed by atoms with Crippen LogP contribution in [0, 0.1) is 0 Å². The molecule has 0 spiro atoms. The average Bonchev–Trinajstić information content (AvgIpc) is 3.63. The van der Waals surface area contributed by atoms with E-state index >= 15 is 0 Å². The topological polar surface area (TPSA) is 20.7 Å². The highest BCUT2D eigenvalue weighted by Gasteiger charge is 2.25. The standard InChI is InChI=1S/C43H32N2S/c1-28-25-38-34(33-19-8-10-21-37(33)44-38)23-24-36-41(46-28)27-40-43(42(36)30-15-6-3-7-16-30)35-20-9-11-22-39(35)45(40)32-18-12-17-31(26-32)29-13-4-2-5-14-29/h2-23,25,27,32,44H,1,24,26H2/b34-23-,38-25+. The lowest BCUT2D eigenvalue weighted by Gasteiger charge is -2.24. The zero-order chi connectivity index (χ0) is 30.6. The van der Waals surface area contributed by atoms with E-state index in [0.717, 1.165) is 28.6 Å². The van der Waals surface area contributed by atoms with Gasteiger partial charge in [0.2, 0.25) is 0 Å². The van der Waals surface area contributed by atoms with Crippen molar-refractivity contribution < 1.29 is 0 Å². The van der Waals surface area contributed by atoms with Gasteiger partial charge in [-0.15, -0.1) is 0 Å². The number of allylic oxidation sites excluding steroid dienone is 5. The normalized spacial score (nSPS) is 17.7. The van der Waals surface area contributed by atoms with Crippen LogP contribution in [0.25, 0.3) is 61.6 Å². The van der Waals surface area contributed by atoms with Gasteiger partial charge >= 0.3 is 0 Å². The fraction of sp³-hybridized carbons (Fsp3) is 0.0698. The van der Waals surface area contributed by atoms with Gasteiger partial charge in [0.1, 0.15) is 0 Å². The van der Waals surface area contributed by atoms with Crippen LogP contribution in [-0.4, -0.2) is 9.55 Å². The Morgan fingerprint density at radius 2 is 1.48 bits per heavy atom. The molecule has 0 fully saturated rings. The van der Waals surface area contributed by atoms with Crippen molar-refractivity contribution in [3.63, 3.8) is 0 Å². The SMILES string of the molecule is C=C1/C=c2/[nH]c3ccccc3/c2=C/Cc2c(cc3c(c2-c2ccccc2)c2ccccc2n3C2C=CC=C(c3ccccc3)C2)S1. The van der Waals surface area contributed by atoms with E-state index in [0.29, 0.717) is 0 Å². The molecule has 0 saturated carbocycles. The molecule has 7 aromatic rings. The first-order chi connectivity index (χ1) is 22.7. The van der Waals surface area contributed by atoms with Gasteiger partial charge in [-0.05, 0) is 64.9 Å². The summed E-state index contributed by atoms with van der Waals surface area (Å²) in [5.41, 5.74) is 10.3. The van der Waals surface area contributed by atoms with Gasteiger partial charge in [-0.25, -0.2) is 0 Å². The monoisotopic (exact) mass is 608 g/mol. The lowest BCUT2D eigenvalue weighted by Crippen LogP contribution is -2.22. The fourth-order valence-corrected chi connectivity index (χ4v) is 8.45. The molecule has 1 unspecified atom stereocenters. The van der Waals surface area contributed by atoms with Crippen molar-refractivity contribution >= 4 is 62.2 Å². The van der Waals surface area contributed by atoms with Gasteiger partial charge in [0, 0.05) is 47.6 Å². The van der Waals surface area contributed by atoms with E-state index in [2.05, 4.69) is 162 Å². The molecule has 9 rings (SSSR count). The summed E-state index contributed by atoms with van der Waals surface area (Å²) in [6.45, 7) is 4.55. The molecule has 0 amide bonds. The maximum atomic E-state index is 4.55. The Bertz CT molecular complexity index is 2510. The van der Waals surface area contributed by atoms with E-state index < -0.39 is 0 Å². The Balaban J connectivity index is 1.33.